The Hall–Kier alpha value is -1.09. The van der Waals surface area contributed by atoms with Gasteiger partial charge in [-0.3, -0.25) is 0 Å². The fraction of sp³-hybridized carbons (Fsp3) is 0.429. The molecule has 0 aliphatic carbocycles. The smallest absolute Gasteiger partial charge is 0.362 e. The Morgan fingerprint density at radius 3 is 2.38 bits per heavy atom. The van der Waals surface area contributed by atoms with Crippen molar-refractivity contribution < 1.29 is 18.3 Å². The minimum absolute atomic E-state index is 0.142. The Morgan fingerprint density at radius 2 is 1.92 bits per heavy atom. The van der Waals surface area contributed by atoms with Crippen LogP contribution < -0.4 is 5.32 Å². The van der Waals surface area contributed by atoms with Gasteiger partial charge in [0.25, 0.3) is 5.72 Å². The number of halogens is 5. The van der Waals surface area contributed by atoms with Gasteiger partial charge in [0, 0.05) is 12.1 Å². The van der Waals surface area contributed by atoms with E-state index in [0.29, 0.717) is 5.01 Å². The summed E-state index contributed by atoms with van der Waals surface area (Å²) in [7, 11) is 0. The SMILES string of the molecule is CC(C)C1=NN(C(=S)Nc2c(Cl)cccc2Cl)C(O)(C(F)(F)F)C1. The van der Waals surface area contributed by atoms with Crippen LogP contribution >= 0.6 is 35.4 Å². The summed E-state index contributed by atoms with van der Waals surface area (Å²) >= 11 is 17.0. The van der Waals surface area contributed by atoms with Gasteiger partial charge in [-0.25, -0.2) is 0 Å². The number of alkyl halides is 3. The first-order valence-electron chi connectivity index (χ1n) is 6.89. The second kappa shape index (κ2) is 6.67. The summed E-state index contributed by atoms with van der Waals surface area (Å²) in [4.78, 5) is 0. The molecule has 1 aromatic carbocycles. The first-order valence-corrected chi connectivity index (χ1v) is 8.05. The number of hydrogen-bond donors (Lipinski definition) is 2. The number of thiocarbonyl (C=S) groups is 1. The molecule has 10 heteroatoms. The van der Waals surface area contributed by atoms with Crippen LogP contribution in [-0.4, -0.2) is 32.8 Å². The lowest BCUT2D eigenvalue weighted by Crippen LogP contribution is -2.57. The molecular weight excluding hydrogens is 386 g/mol. The van der Waals surface area contributed by atoms with Gasteiger partial charge in [-0.2, -0.15) is 23.3 Å². The van der Waals surface area contributed by atoms with E-state index < -0.39 is 23.4 Å². The molecule has 1 aliphatic heterocycles. The molecule has 0 bridgehead atoms. The molecule has 0 spiro atoms. The van der Waals surface area contributed by atoms with Gasteiger partial charge in [-0.15, -0.1) is 0 Å². The molecule has 1 aromatic rings. The molecule has 1 aliphatic rings. The molecule has 132 valence electrons. The lowest BCUT2D eigenvalue weighted by molar-refractivity contribution is -0.294. The third-order valence-electron chi connectivity index (χ3n) is 3.51. The van der Waals surface area contributed by atoms with Crippen LogP contribution in [0, 0.1) is 5.92 Å². The van der Waals surface area contributed by atoms with E-state index >= 15 is 0 Å². The summed E-state index contributed by atoms with van der Waals surface area (Å²) in [5.74, 6) is -0.282. The van der Waals surface area contributed by atoms with E-state index in [1.54, 1.807) is 19.9 Å². The molecule has 4 nitrogen and oxygen atoms in total. The maximum Gasteiger partial charge on any atom is 0.438 e. The van der Waals surface area contributed by atoms with Crippen molar-refractivity contribution in [2.24, 2.45) is 11.0 Å². The van der Waals surface area contributed by atoms with E-state index in [2.05, 4.69) is 10.4 Å². The van der Waals surface area contributed by atoms with Crippen LogP contribution in [0.15, 0.2) is 23.3 Å². The van der Waals surface area contributed by atoms with Crippen LogP contribution in [0.2, 0.25) is 10.0 Å². The highest BCUT2D eigenvalue weighted by Crippen LogP contribution is 2.42. The average Bonchev–Trinajstić information content (AvgIpc) is 2.82. The Balaban J connectivity index is 2.37. The lowest BCUT2D eigenvalue weighted by Gasteiger charge is -2.34. The lowest BCUT2D eigenvalue weighted by atomic mass is 9.99. The minimum atomic E-state index is -4.96. The number of aliphatic hydroxyl groups is 1. The quantitative estimate of drug-likeness (QED) is 0.710. The number of benzene rings is 1. The summed E-state index contributed by atoms with van der Waals surface area (Å²) in [6.07, 6.45) is -5.64. The zero-order valence-electron chi connectivity index (χ0n) is 12.7. The summed E-state index contributed by atoms with van der Waals surface area (Å²) in [5, 5.41) is 16.8. The van der Waals surface area contributed by atoms with Crippen LogP contribution in [-0.2, 0) is 0 Å². The molecule has 0 fully saturated rings. The van der Waals surface area contributed by atoms with Crippen molar-refractivity contribution in [2.75, 3.05) is 5.32 Å². The van der Waals surface area contributed by atoms with Gasteiger partial charge in [-0.1, -0.05) is 43.1 Å². The fourth-order valence-corrected chi connectivity index (χ4v) is 2.89. The normalized spacial score (nSPS) is 21.2. The van der Waals surface area contributed by atoms with Gasteiger partial charge in [0.05, 0.1) is 15.7 Å². The minimum Gasteiger partial charge on any atom is -0.362 e. The number of rotatable bonds is 2. The van der Waals surface area contributed by atoms with E-state index in [4.69, 9.17) is 35.4 Å². The summed E-state index contributed by atoms with van der Waals surface area (Å²) in [6, 6.07) is 4.58. The number of nitrogens with zero attached hydrogens (tertiary/aromatic N) is 2. The van der Waals surface area contributed by atoms with Crippen LogP contribution in [0.25, 0.3) is 0 Å². The van der Waals surface area contributed by atoms with Crippen LogP contribution in [0.3, 0.4) is 0 Å². The molecule has 0 saturated carbocycles. The van der Waals surface area contributed by atoms with Crippen molar-refractivity contribution in [1.82, 2.24) is 5.01 Å². The molecule has 2 rings (SSSR count). The van der Waals surface area contributed by atoms with Crippen molar-refractivity contribution in [3.63, 3.8) is 0 Å². The Labute approximate surface area is 152 Å². The van der Waals surface area contributed by atoms with Gasteiger partial charge in [0.2, 0.25) is 0 Å². The van der Waals surface area contributed by atoms with Crippen molar-refractivity contribution in [3.8, 4) is 0 Å². The maximum atomic E-state index is 13.4. The fourth-order valence-electron chi connectivity index (χ4n) is 2.10. The van der Waals surface area contributed by atoms with E-state index in [0.717, 1.165) is 0 Å². The molecule has 2 N–H and O–H groups in total. The number of para-hydroxylation sites is 1. The van der Waals surface area contributed by atoms with Gasteiger partial charge in [-0.05, 0) is 30.3 Å². The predicted octanol–water partition coefficient (Wildman–Crippen LogP) is 4.66. The van der Waals surface area contributed by atoms with Gasteiger partial charge in [0.15, 0.2) is 5.11 Å². The van der Waals surface area contributed by atoms with Crippen molar-refractivity contribution in [2.45, 2.75) is 32.2 Å². The highest BCUT2D eigenvalue weighted by Gasteiger charge is 2.62. The zero-order chi connectivity index (χ0) is 18.3. The maximum absolute atomic E-state index is 13.4. The van der Waals surface area contributed by atoms with Gasteiger partial charge < -0.3 is 10.4 Å². The molecule has 1 heterocycles. The Kier molecular flexibility index (Phi) is 5.34. The molecule has 0 amide bonds. The monoisotopic (exact) mass is 399 g/mol. The van der Waals surface area contributed by atoms with Gasteiger partial charge in [0.1, 0.15) is 0 Å². The topological polar surface area (TPSA) is 47.9 Å². The van der Waals surface area contributed by atoms with Crippen molar-refractivity contribution in [3.05, 3.63) is 28.2 Å². The molecule has 1 unspecified atom stereocenters. The molecule has 0 saturated heterocycles. The van der Waals surface area contributed by atoms with Crippen LogP contribution in [0.1, 0.15) is 20.3 Å². The standard InChI is InChI=1S/C14H14Cl2F3N3OS/c1-7(2)10-6-13(23,14(17,18)19)22(21-10)12(24)20-11-8(15)4-3-5-9(11)16/h3-5,7,23H,6H2,1-2H3,(H,20,24). The van der Waals surface area contributed by atoms with Crippen LogP contribution in [0.4, 0.5) is 18.9 Å². The predicted molar refractivity (Wildman–Crippen MR) is 92.4 cm³/mol. The number of anilines is 1. The third kappa shape index (κ3) is 3.46. The van der Waals surface area contributed by atoms with E-state index in [9.17, 15) is 18.3 Å². The number of hydrogen-bond acceptors (Lipinski definition) is 3. The average molecular weight is 400 g/mol. The molecular formula is C14H14Cl2F3N3OS. The molecule has 24 heavy (non-hydrogen) atoms. The zero-order valence-corrected chi connectivity index (χ0v) is 15.0. The van der Waals surface area contributed by atoms with E-state index in [-0.39, 0.29) is 27.4 Å². The first kappa shape index (κ1) is 19.2. The molecule has 0 radical (unpaired) electrons. The summed E-state index contributed by atoms with van der Waals surface area (Å²) in [6.45, 7) is 3.36. The first-order chi connectivity index (χ1) is 11.0. The Morgan fingerprint density at radius 1 is 1.38 bits per heavy atom. The summed E-state index contributed by atoms with van der Waals surface area (Å²) in [5.41, 5.74) is -2.89. The molecule has 1 atom stereocenters. The second-order valence-electron chi connectivity index (χ2n) is 5.58. The van der Waals surface area contributed by atoms with Gasteiger partial charge >= 0.3 is 6.18 Å². The largest absolute Gasteiger partial charge is 0.438 e. The summed E-state index contributed by atoms with van der Waals surface area (Å²) < 4.78 is 40.2. The second-order valence-corrected chi connectivity index (χ2v) is 6.78. The highest BCUT2D eigenvalue weighted by atomic mass is 35.5. The van der Waals surface area contributed by atoms with E-state index in [1.807, 2.05) is 0 Å². The van der Waals surface area contributed by atoms with Crippen LogP contribution in [0.5, 0.6) is 0 Å². The van der Waals surface area contributed by atoms with Crippen molar-refractivity contribution >= 4 is 51.9 Å². The Bertz CT molecular complexity index is 676. The number of hydrazone groups is 1. The molecule has 0 aromatic heterocycles. The highest BCUT2D eigenvalue weighted by molar-refractivity contribution is 7.80. The third-order valence-corrected chi connectivity index (χ3v) is 4.42. The number of nitrogens with one attached hydrogen (secondary N) is 1. The van der Waals surface area contributed by atoms with E-state index in [1.165, 1.54) is 12.1 Å². The van der Waals surface area contributed by atoms with Crippen molar-refractivity contribution in [1.29, 1.82) is 0 Å².